The van der Waals surface area contributed by atoms with Crippen LogP contribution in [-0.2, 0) is 16.1 Å². The van der Waals surface area contributed by atoms with Crippen LogP contribution in [0.5, 0.6) is 5.75 Å². The van der Waals surface area contributed by atoms with Gasteiger partial charge in [0.05, 0.1) is 6.61 Å². The minimum absolute atomic E-state index is 0.139. The van der Waals surface area contributed by atoms with Crippen LogP contribution < -0.4 is 5.32 Å². The zero-order chi connectivity index (χ0) is 19.7. The Balaban J connectivity index is 2.04. The first-order chi connectivity index (χ1) is 13.1. The van der Waals surface area contributed by atoms with E-state index in [1.54, 1.807) is 18.2 Å². The Bertz CT molecular complexity index is 507. The molecule has 0 unspecified atom stereocenters. The zero-order valence-corrected chi connectivity index (χ0v) is 16.8. The number of carboxylic acids is 1. The first-order valence-corrected chi connectivity index (χ1v) is 10.5. The molecular formula is C22H37NO4. The molecule has 0 aliphatic heterocycles. The topological polar surface area (TPSA) is 78.8 Å². The Morgan fingerprint density at radius 2 is 1.59 bits per heavy atom. The third-order valence-electron chi connectivity index (χ3n) is 4.76. The van der Waals surface area contributed by atoms with Crippen LogP contribution in [-0.4, -0.2) is 35.4 Å². The molecule has 0 amide bonds. The number of hydrogen-bond acceptors (Lipinski definition) is 4. The summed E-state index contributed by atoms with van der Waals surface area (Å²) >= 11 is 0. The molecule has 0 aliphatic rings. The standard InChI is InChI=1S/C22H37NO4/c1-2-3-4-5-6-7-8-9-10-13-16-27-18-20(22(25)26)23-17-19-14-11-12-15-21(19)24/h11-12,14-15,20,23-24H,2-10,13,16-18H2,1H3,(H,25,26)/t20-/m0/s1. The van der Waals surface area contributed by atoms with Gasteiger partial charge in [-0.3, -0.25) is 10.1 Å². The average molecular weight is 380 g/mol. The molecule has 0 aromatic heterocycles. The summed E-state index contributed by atoms with van der Waals surface area (Å²) in [5.41, 5.74) is 0.679. The fraction of sp³-hybridized carbons (Fsp3) is 0.682. The summed E-state index contributed by atoms with van der Waals surface area (Å²) in [5.74, 6) is -0.770. The molecule has 1 rings (SSSR count). The molecule has 0 heterocycles. The van der Waals surface area contributed by atoms with E-state index in [1.807, 2.05) is 6.07 Å². The number of hydrogen-bond donors (Lipinski definition) is 3. The molecule has 5 heteroatoms. The van der Waals surface area contributed by atoms with Crippen LogP contribution in [0.4, 0.5) is 0 Å². The molecule has 5 nitrogen and oxygen atoms in total. The lowest BCUT2D eigenvalue weighted by Gasteiger charge is -2.15. The maximum atomic E-state index is 11.3. The molecule has 0 bridgehead atoms. The molecule has 27 heavy (non-hydrogen) atoms. The van der Waals surface area contributed by atoms with Gasteiger partial charge in [0.25, 0.3) is 0 Å². The lowest BCUT2D eigenvalue weighted by atomic mass is 10.1. The van der Waals surface area contributed by atoms with E-state index in [4.69, 9.17) is 4.74 Å². The van der Waals surface area contributed by atoms with Crippen molar-refractivity contribution < 1.29 is 19.7 Å². The van der Waals surface area contributed by atoms with Gasteiger partial charge in [-0.05, 0) is 12.5 Å². The normalized spacial score (nSPS) is 12.2. The average Bonchev–Trinajstić information content (AvgIpc) is 2.66. The summed E-state index contributed by atoms with van der Waals surface area (Å²) in [6.45, 7) is 3.27. The van der Waals surface area contributed by atoms with Crippen molar-refractivity contribution in [2.75, 3.05) is 13.2 Å². The number of aromatic hydroxyl groups is 1. The molecule has 0 saturated carbocycles. The number of para-hydroxylation sites is 1. The van der Waals surface area contributed by atoms with Gasteiger partial charge in [0.2, 0.25) is 0 Å². The molecule has 0 fully saturated rings. The van der Waals surface area contributed by atoms with Crippen molar-refractivity contribution in [3.63, 3.8) is 0 Å². The fourth-order valence-electron chi connectivity index (χ4n) is 3.00. The highest BCUT2D eigenvalue weighted by Gasteiger charge is 2.17. The number of phenolic OH excluding ortho intramolecular Hbond substituents is 1. The highest BCUT2D eigenvalue weighted by atomic mass is 16.5. The van der Waals surface area contributed by atoms with Gasteiger partial charge in [-0.25, -0.2) is 0 Å². The van der Waals surface area contributed by atoms with Crippen LogP contribution in [0, 0.1) is 0 Å². The van der Waals surface area contributed by atoms with Crippen LogP contribution in [0.3, 0.4) is 0 Å². The lowest BCUT2D eigenvalue weighted by molar-refractivity contribution is -0.141. The summed E-state index contributed by atoms with van der Waals surface area (Å²) in [7, 11) is 0. The quantitative estimate of drug-likeness (QED) is 0.336. The number of carboxylic acid groups (broad SMARTS) is 1. The van der Waals surface area contributed by atoms with E-state index in [9.17, 15) is 15.0 Å². The second-order valence-electron chi connectivity index (χ2n) is 7.16. The second-order valence-corrected chi connectivity index (χ2v) is 7.16. The van der Waals surface area contributed by atoms with Crippen molar-refractivity contribution in [3.05, 3.63) is 29.8 Å². The number of rotatable bonds is 17. The van der Waals surface area contributed by atoms with Gasteiger partial charge in [-0.2, -0.15) is 0 Å². The lowest BCUT2D eigenvalue weighted by Crippen LogP contribution is -2.40. The summed E-state index contributed by atoms with van der Waals surface area (Å²) in [6, 6.07) is 6.14. The molecule has 0 aliphatic carbocycles. The maximum Gasteiger partial charge on any atom is 0.323 e. The number of unbranched alkanes of at least 4 members (excludes halogenated alkanes) is 9. The fourth-order valence-corrected chi connectivity index (χ4v) is 3.00. The van der Waals surface area contributed by atoms with Gasteiger partial charge in [0.1, 0.15) is 11.8 Å². The first-order valence-electron chi connectivity index (χ1n) is 10.5. The van der Waals surface area contributed by atoms with Gasteiger partial charge in [-0.1, -0.05) is 82.9 Å². The van der Waals surface area contributed by atoms with E-state index in [2.05, 4.69) is 12.2 Å². The Morgan fingerprint density at radius 1 is 1.00 bits per heavy atom. The number of benzene rings is 1. The Hall–Kier alpha value is -1.59. The van der Waals surface area contributed by atoms with E-state index in [0.29, 0.717) is 18.7 Å². The monoisotopic (exact) mass is 379 g/mol. The highest BCUT2D eigenvalue weighted by molar-refractivity contribution is 5.73. The maximum absolute atomic E-state index is 11.3. The largest absolute Gasteiger partial charge is 0.508 e. The molecule has 0 radical (unpaired) electrons. The third kappa shape index (κ3) is 11.7. The number of phenols is 1. The number of carbonyl (C=O) groups is 1. The molecule has 1 atom stereocenters. The van der Waals surface area contributed by atoms with Crippen LogP contribution in [0.2, 0.25) is 0 Å². The molecule has 3 N–H and O–H groups in total. The molecule has 1 aromatic rings. The van der Waals surface area contributed by atoms with Crippen molar-refractivity contribution >= 4 is 5.97 Å². The number of aliphatic carboxylic acids is 1. The van der Waals surface area contributed by atoms with E-state index >= 15 is 0 Å². The Morgan fingerprint density at radius 3 is 2.19 bits per heavy atom. The van der Waals surface area contributed by atoms with Gasteiger partial charge < -0.3 is 14.9 Å². The van der Waals surface area contributed by atoms with E-state index in [0.717, 1.165) is 12.8 Å². The Kier molecular flexibility index (Phi) is 13.4. The smallest absolute Gasteiger partial charge is 0.323 e. The van der Waals surface area contributed by atoms with Crippen LogP contribution in [0.25, 0.3) is 0 Å². The van der Waals surface area contributed by atoms with Gasteiger partial charge >= 0.3 is 5.97 Å². The minimum Gasteiger partial charge on any atom is -0.508 e. The van der Waals surface area contributed by atoms with Crippen molar-refractivity contribution in [2.45, 2.75) is 83.7 Å². The first kappa shape index (κ1) is 23.4. The summed E-state index contributed by atoms with van der Waals surface area (Å²) in [4.78, 5) is 11.3. The summed E-state index contributed by atoms with van der Waals surface area (Å²) in [5, 5.41) is 22.0. The van der Waals surface area contributed by atoms with Crippen molar-refractivity contribution in [1.29, 1.82) is 0 Å². The van der Waals surface area contributed by atoms with Crippen molar-refractivity contribution in [2.24, 2.45) is 0 Å². The third-order valence-corrected chi connectivity index (χ3v) is 4.76. The van der Waals surface area contributed by atoms with Crippen molar-refractivity contribution in [3.8, 4) is 5.75 Å². The predicted molar refractivity (Wildman–Crippen MR) is 109 cm³/mol. The van der Waals surface area contributed by atoms with Gasteiger partial charge in [0.15, 0.2) is 0 Å². The number of nitrogens with one attached hydrogen (secondary N) is 1. The summed E-state index contributed by atoms with van der Waals surface area (Å²) in [6.07, 6.45) is 12.7. The van der Waals surface area contributed by atoms with Gasteiger partial charge in [0, 0.05) is 18.7 Å². The minimum atomic E-state index is -0.937. The van der Waals surface area contributed by atoms with Gasteiger partial charge in [-0.15, -0.1) is 0 Å². The van der Waals surface area contributed by atoms with Crippen LogP contribution in [0.1, 0.15) is 76.7 Å². The molecule has 0 spiro atoms. The predicted octanol–water partition coefficient (Wildman–Crippen LogP) is 4.87. The van der Waals surface area contributed by atoms with Crippen molar-refractivity contribution in [1.82, 2.24) is 5.32 Å². The molecule has 154 valence electrons. The van der Waals surface area contributed by atoms with E-state index in [1.165, 1.54) is 51.4 Å². The molecular weight excluding hydrogens is 342 g/mol. The SMILES string of the molecule is CCCCCCCCCCCCOC[C@H](NCc1ccccc1O)C(=O)O. The second kappa shape index (κ2) is 15.5. The molecule has 1 aromatic carbocycles. The van der Waals surface area contributed by atoms with Crippen LogP contribution >= 0.6 is 0 Å². The van der Waals surface area contributed by atoms with E-state index in [-0.39, 0.29) is 12.4 Å². The molecule has 0 saturated heterocycles. The summed E-state index contributed by atoms with van der Waals surface area (Å²) < 4.78 is 5.54. The highest BCUT2D eigenvalue weighted by Crippen LogP contribution is 2.15. The number of ether oxygens (including phenoxy) is 1. The zero-order valence-electron chi connectivity index (χ0n) is 16.8. The van der Waals surface area contributed by atoms with Crippen LogP contribution in [0.15, 0.2) is 24.3 Å². The Labute approximate surface area is 164 Å². The van der Waals surface area contributed by atoms with E-state index < -0.39 is 12.0 Å².